The number of fused-ring (bicyclic) bond motifs is 2. The molecule has 43 heavy (non-hydrogen) atoms. The third-order valence-electron chi connectivity index (χ3n) is 9.10. The fourth-order valence-electron chi connectivity index (χ4n) is 6.94. The molecular formula is C30H31F3N6O4. The summed E-state index contributed by atoms with van der Waals surface area (Å²) in [6, 6.07) is 8.06. The largest absolute Gasteiger partial charge is 0.354 e. The van der Waals surface area contributed by atoms with Crippen LogP contribution in [-0.2, 0) is 22.7 Å². The second-order valence-electron chi connectivity index (χ2n) is 11.8. The van der Waals surface area contributed by atoms with Gasteiger partial charge in [0.15, 0.2) is 11.4 Å². The van der Waals surface area contributed by atoms with Crippen LogP contribution in [0.25, 0.3) is 11.0 Å². The van der Waals surface area contributed by atoms with E-state index in [-0.39, 0.29) is 37.7 Å². The van der Waals surface area contributed by atoms with Crippen LogP contribution in [-0.4, -0.2) is 94.9 Å². The highest BCUT2D eigenvalue weighted by Gasteiger charge is 2.48. The van der Waals surface area contributed by atoms with Crippen molar-refractivity contribution in [1.82, 2.24) is 25.2 Å². The van der Waals surface area contributed by atoms with Gasteiger partial charge in [-0.3, -0.25) is 29.5 Å². The van der Waals surface area contributed by atoms with E-state index in [0.717, 1.165) is 11.1 Å². The normalized spacial score (nSPS) is 25.0. The van der Waals surface area contributed by atoms with Crippen LogP contribution in [0, 0.1) is 5.82 Å². The summed E-state index contributed by atoms with van der Waals surface area (Å²) in [5, 5.41) is 7.09. The molecule has 2 aromatic carbocycles. The lowest BCUT2D eigenvalue weighted by Crippen LogP contribution is -2.61. The third kappa shape index (κ3) is 5.14. The molecule has 10 nitrogen and oxygen atoms in total. The first-order chi connectivity index (χ1) is 20.7. The molecule has 3 aromatic rings. The lowest BCUT2D eigenvalue weighted by atomic mass is 9.97. The molecule has 0 radical (unpaired) electrons. The van der Waals surface area contributed by atoms with Crippen molar-refractivity contribution in [3.63, 3.8) is 0 Å². The zero-order chi connectivity index (χ0) is 29.9. The maximum absolute atomic E-state index is 15.5. The summed E-state index contributed by atoms with van der Waals surface area (Å²) < 4.78 is 49.9. The number of piperazine rings is 1. The molecule has 226 valence electrons. The average molecular weight is 597 g/mol. The number of carbonyl (C=O) groups excluding carboxylic acids is 3. The Balaban J connectivity index is 0.959. The Morgan fingerprint density at radius 3 is 2.58 bits per heavy atom. The molecule has 0 saturated carbocycles. The Kier molecular flexibility index (Phi) is 6.88. The standard InChI is InChI=1S/C30H31F3N6O4/c31-20-2-4-22-24(14-20)43-35-27(22)38-11-9-37(10-12-38)25-7-8-36(17-30(25,32)33)15-18-1-3-21-19(13-18)16-39(29(21)42)23-5-6-26(40)34-28(23)41/h1-4,13-14,23,25H,5-12,15-17H2,(H,34,40,41). The lowest BCUT2D eigenvalue weighted by molar-refractivity contribution is -0.137. The van der Waals surface area contributed by atoms with Crippen LogP contribution < -0.4 is 10.2 Å². The van der Waals surface area contributed by atoms with Gasteiger partial charge in [0, 0.05) is 63.9 Å². The second kappa shape index (κ2) is 10.6. The molecule has 2 unspecified atom stereocenters. The zero-order valence-corrected chi connectivity index (χ0v) is 23.4. The molecule has 0 spiro atoms. The first kappa shape index (κ1) is 27.8. The molecule has 1 N–H and O–H groups in total. The van der Waals surface area contributed by atoms with Crippen molar-refractivity contribution in [3.8, 4) is 0 Å². The summed E-state index contributed by atoms with van der Waals surface area (Å²) >= 11 is 0. The van der Waals surface area contributed by atoms with Crippen LogP contribution in [0.2, 0.25) is 0 Å². The number of anilines is 1. The van der Waals surface area contributed by atoms with Crippen LogP contribution in [0.1, 0.15) is 40.7 Å². The van der Waals surface area contributed by atoms with Crippen molar-refractivity contribution in [1.29, 1.82) is 0 Å². The highest BCUT2D eigenvalue weighted by atomic mass is 19.3. The molecule has 3 amide bonds. The molecule has 4 aliphatic heterocycles. The number of halogens is 3. The van der Waals surface area contributed by atoms with Gasteiger partial charge >= 0.3 is 0 Å². The van der Waals surface area contributed by atoms with Crippen LogP contribution in [0.4, 0.5) is 19.0 Å². The molecular weight excluding hydrogens is 565 g/mol. The van der Waals surface area contributed by atoms with Gasteiger partial charge in [0.05, 0.1) is 18.0 Å². The van der Waals surface area contributed by atoms with Crippen molar-refractivity contribution in [2.45, 2.75) is 50.4 Å². The molecule has 2 atom stereocenters. The van der Waals surface area contributed by atoms with Crippen molar-refractivity contribution in [2.24, 2.45) is 0 Å². The Hall–Kier alpha value is -3.97. The van der Waals surface area contributed by atoms with E-state index < -0.39 is 29.7 Å². The molecule has 3 saturated heterocycles. The van der Waals surface area contributed by atoms with E-state index in [4.69, 9.17) is 4.52 Å². The molecule has 4 aliphatic rings. The van der Waals surface area contributed by atoms with E-state index in [9.17, 15) is 18.8 Å². The maximum atomic E-state index is 15.5. The average Bonchev–Trinajstić information content (AvgIpc) is 3.53. The monoisotopic (exact) mass is 596 g/mol. The Bertz CT molecular complexity index is 1600. The van der Waals surface area contributed by atoms with Gasteiger partial charge in [0.2, 0.25) is 11.8 Å². The molecule has 0 bridgehead atoms. The number of nitrogens with zero attached hydrogens (tertiary/aromatic N) is 5. The number of imide groups is 1. The van der Waals surface area contributed by atoms with Crippen molar-refractivity contribution in [2.75, 3.05) is 44.2 Å². The molecule has 0 aliphatic carbocycles. The number of alkyl halides is 2. The van der Waals surface area contributed by atoms with Gasteiger partial charge in [-0.05, 0) is 42.2 Å². The van der Waals surface area contributed by atoms with Crippen LogP contribution >= 0.6 is 0 Å². The topological polar surface area (TPSA) is 102 Å². The summed E-state index contributed by atoms with van der Waals surface area (Å²) in [4.78, 5) is 43.9. The quantitative estimate of drug-likeness (QED) is 0.449. The minimum atomic E-state index is -2.91. The Morgan fingerprint density at radius 1 is 1.00 bits per heavy atom. The van der Waals surface area contributed by atoms with Crippen LogP contribution in [0.15, 0.2) is 40.9 Å². The smallest absolute Gasteiger partial charge is 0.275 e. The highest BCUT2D eigenvalue weighted by molar-refractivity contribution is 6.05. The van der Waals surface area contributed by atoms with Gasteiger partial charge in [0.1, 0.15) is 11.9 Å². The van der Waals surface area contributed by atoms with Crippen LogP contribution in [0.5, 0.6) is 0 Å². The van der Waals surface area contributed by atoms with E-state index in [0.29, 0.717) is 68.0 Å². The first-order valence-electron chi connectivity index (χ1n) is 14.6. The second-order valence-corrected chi connectivity index (χ2v) is 11.8. The highest BCUT2D eigenvalue weighted by Crippen LogP contribution is 2.35. The van der Waals surface area contributed by atoms with Gasteiger partial charge in [-0.15, -0.1) is 0 Å². The summed E-state index contributed by atoms with van der Waals surface area (Å²) in [7, 11) is 0. The molecule has 13 heteroatoms. The van der Waals surface area contributed by atoms with E-state index in [1.54, 1.807) is 23.1 Å². The number of rotatable bonds is 5. The number of hydrogen-bond donors (Lipinski definition) is 1. The maximum Gasteiger partial charge on any atom is 0.275 e. The predicted molar refractivity (Wildman–Crippen MR) is 149 cm³/mol. The Labute approximate surface area is 245 Å². The number of carbonyl (C=O) groups is 3. The lowest BCUT2D eigenvalue weighted by Gasteiger charge is -2.46. The molecule has 3 fully saturated rings. The van der Waals surface area contributed by atoms with Gasteiger partial charge in [-0.25, -0.2) is 13.2 Å². The number of hydrogen-bond acceptors (Lipinski definition) is 8. The summed E-state index contributed by atoms with van der Waals surface area (Å²) in [6.07, 6.45) is 0.795. The van der Waals surface area contributed by atoms with Crippen molar-refractivity contribution >= 4 is 34.5 Å². The summed E-state index contributed by atoms with van der Waals surface area (Å²) in [6.45, 7) is 2.66. The molecule has 7 rings (SSSR count). The minimum Gasteiger partial charge on any atom is -0.354 e. The first-order valence-corrected chi connectivity index (χ1v) is 14.6. The van der Waals surface area contributed by atoms with Gasteiger partial charge in [-0.1, -0.05) is 17.3 Å². The zero-order valence-electron chi connectivity index (χ0n) is 23.4. The van der Waals surface area contributed by atoms with Crippen molar-refractivity contribution < 1.29 is 32.1 Å². The fourth-order valence-corrected chi connectivity index (χ4v) is 6.94. The number of likely N-dealkylation sites (tertiary alicyclic amines) is 1. The fraction of sp³-hybridized carbons (Fsp3) is 0.467. The van der Waals surface area contributed by atoms with E-state index in [2.05, 4.69) is 10.5 Å². The number of nitrogens with one attached hydrogen (secondary N) is 1. The molecule has 1 aromatic heterocycles. The van der Waals surface area contributed by atoms with E-state index in [1.807, 2.05) is 15.9 Å². The van der Waals surface area contributed by atoms with E-state index in [1.165, 1.54) is 17.0 Å². The third-order valence-corrected chi connectivity index (χ3v) is 9.10. The SMILES string of the molecule is O=C1CCC(N2Cc3cc(CN4CCC(N5CCN(c6noc7cc(F)ccc67)CC5)C(F)(F)C4)ccc3C2=O)C(=O)N1. The summed E-state index contributed by atoms with van der Waals surface area (Å²) in [5.41, 5.74) is 2.45. The van der Waals surface area contributed by atoms with E-state index >= 15 is 8.78 Å². The van der Waals surface area contributed by atoms with Gasteiger partial charge in [0.25, 0.3) is 11.8 Å². The van der Waals surface area contributed by atoms with Gasteiger partial charge in [-0.2, -0.15) is 0 Å². The number of piperidine rings is 2. The minimum absolute atomic E-state index is 0.183. The predicted octanol–water partition coefficient (Wildman–Crippen LogP) is 2.76. The number of aromatic nitrogens is 1. The summed E-state index contributed by atoms with van der Waals surface area (Å²) in [5.74, 6) is -3.77. The van der Waals surface area contributed by atoms with Gasteiger partial charge < -0.3 is 14.3 Å². The van der Waals surface area contributed by atoms with Crippen molar-refractivity contribution in [3.05, 3.63) is 58.9 Å². The Morgan fingerprint density at radius 2 is 1.81 bits per heavy atom. The number of benzene rings is 2. The number of amides is 3. The van der Waals surface area contributed by atoms with Crippen LogP contribution in [0.3, 0.4) is 0 Å². The molecule has 5 heterocycles.